The van der Waals surface area contributed by atoms with Gasteiger partial charge in [0.1, 0.15) is 6.33 Å². The van der Waals surface area contributed by atoms with Crippen molar-refractivity contribution in [2.75, 3.05) is 0 Å². The summed E-state index contributed by atoms with van der Waals surface area (Å²) in [5.41, 5.74) is 0. The highest BCUT2D eigenvalue weighted by atomic mass is 16.4. The van der Waals surface area contributed by atoms with E-state index in [-0.39, 0.29) is 5.82 Å². The van der Waals surface area contributed by atoms with E-state index in [2.05, 4.69) is 10.1 Å². The number of hydrogen-bond acceptors (Lipinski definition) is 3. The van der Waals surface area contributed by atoms with Crippen molar-refractivity contribution in [3.63, 3.8) is 0 Å². The quantitative estimate of drug-likeness (QED) is 0.776. The Morgan fingerprint density at radius 2 is 2.14 bits per heavy atom. The van der Waals surface area contributed by atoms with Crippen LogP contribution >= 0.6 is 0 Å². The van der Waals surface area contributed by atoms with E-state index in [9.17, 15) is 4.79 Å². The van der Waals surface area contributed by atoms with Crippen molar-refractivity contribution in [3.8, 4) is 0 Å². The molecule has 2 rings (SSSR count). The van der Waals surface area contributed by atoms with Crippen LogP contribution in [-0.4, -0.2) is 25.8 Å². The van der Waals surface area contributed by atoms with Gasteiger partial charge in [-0.1, -0.05) is 19.3 Å². The lowest BCUT2D eigenvalue weighted by Crippen LogP contribution is -2.14. The van der Waals surface area contributed by atoms with E-state index in [4.69, 9.17) is 5.11 Å². The Morgan fingerprint density at radius 1 is 1.43 bits per heavy atom. The molecule has 0 aromatic carbocycles. The van der Waals surface area contributed by atoms with Gasteiger partial charge in [-0.3, -0.25) is 0 Å². The van der Waals surface area contributed by atoms with Crippen LogP contribution in [0.5, 0.6) is 0 Å². The first-order valence-corrected chi connectivity index (χ1v) is 4.92. The molecule has 0 unspecified atom stereocenters. The van der Waals surface area contributed by atoms with Gasteiger partial charge >= 0.3 is 5.97 Å². The van der Waals surface area contributed by atoms with E-state index >= 15 is 0 Å². The summed E-state index contributed by atoms with van der Waals surface area (Å²) in [6.45, 7) is 0. The largest absolute Gasteiger partial charge is 0.475 e. The summed E-state index contributed by atoms with van der Waals surface area (Å²) in [6.07, 6.45) is 7.38. The van der Waals surface area contributed by atoms with Crippen LogP contribution in [0, 0.1) is 0 Å². The third-order valence-electron chi connectivity index (χ3n) is 2.65. The molecular formula is C9H13N3O2. The summed E-state index contributed by atoms with van der Waals surface area (Å²) in [5.74, 6) is -1.16. The van der Waals surface area contributed by atoms with E-state index in [1.807, 2.05) is 0 Å². The molecule has 1 aromatic rings. The number of carboxylic acid groups (broad SMARTS) is 1. The summed E-state index contributed by atoms with van der Waals surface area (Å²) in [6, 6.07) is 0.351. The van der Waals surface area contributed by atoms with E-state index in [0.717, 1.165) is 12.8 Å². The fraction of sp³-hybridized carbons (Fsp3) is 0.667. The fourth-order valence-electron chi connectivity index (χ4n) is 1.89. The van der Waals surface area contributed by atoms with E-state index in [1.54, 1.807) is 4.68 Å². The van der Waals surface area contributed by atoms with Gasteiger partial charge < -0.3 is 5.11 Å². The molecule has 0 aliphatic heterocycles. The van der Waals surface area contributed by atoms with Crippen LogP contribution < -0.4 is 0 Å². The predicted octanol–water partition coefficient (Wildman–Crippen LogP) is 1.48. The monoisotopic (exact) mass is 195 g/mol. The minimum Gasteiger partial charge on any atom is -0.475 e. The van der Waals surface area contributed by atoms with Crippen LogP contribution in [-0.2, 0) is 0 Å². The molecule has 5 nitrogen and oxygen atoms in total. The lowest BCUT2D eigenvalue weighted by molar-refractivity contribution is 0.0682. The first-order valence-electron chi connectivity index (χ1n) is 4.92. The van der Waals surface area contributed by atoms with Gasteiger partial charge in [0.05, 0.1) is 6.04 Å². The Hall–Kier alpha value is -1.39. The molecule has 1 heterocycles. The fourth-order valence-corrected chi connectivity index (χ4v) is 1.89. The minimum absolute atomic E-state index is 0.101. The Bertz CT molecular complexity index is 329. The highest BCUT2D eigenvalue weighted by Gasteiger charge is 2.18. The standard InChI is InChI=1S/C9H13N3O2/c13-9(14)8-10-6-12(11-8)7-4-2-1-3-5-7/h6-7H,1-5H2,(H,13,14). The summed E-state index contributed by atoms with van der Waals surface area (Å²) in [5, 5.41) is 12.6. The number of carbonyl (C=O) groups is 1. The maximum atomic E-state index is 10.6. The molecular weight excluding hydrogens is 182 g/mol. The Labute approximate surface area is 81.8 Å². The van der Waals surface area contributed by atoms with Crippen molar-refractivity contribution in [3.05, 3.63) is 12.2 Å². The molecule has 1 aliphatic carbocycles. The zero-order valence-corrected chi connectivity index (χ0v) is 7.89. The number of rotatable bonds is 2. The first-order chi connectivity index (χ1) is 6.77. The van der Waals surface area contributed by atoms with Crippen molar-refractivity contribution in [2.45, 2.75) is 38.1 Å². The molecule has 14 heavy (non-hydrogen) atoms. The molecule has 76 valence electrons. The second-order valence-corrected chi connectivity index (χ2v) is 3.65. The van der Waals surface area contributed by atoms with Crippen LogP contribution in [0.1, 0.15) is 48.8 Å². The van der Waals surface area contributed by atoms with Crippen molar-refractivity contribution >= 4 is 5.97 Å². The molecule has 1 fully saturated rings. The predicted molar refractivity (Wildman–Crippen MR) is 49.1 cm³/mol. The molecule has 0 atom stereocenters. The van der Waals surface area contributed by atoms with E-state index in [0.29, 0.717) is 6.04 Å². The Kier molecular flexibility index (Phi) is 2.47. The second-order valence-electron chi connectivity index (χ2n) is 3.65. The maximum Gasteiger partial charge on any atom is 0.375 e. The number of aromatic carboxylic acids is 1. The Balaban J connectivity index is 2.11. The second kappa shape index (κ2) is 3.77. The molecule has 0 saturated heterocycles. The molecule has 1 saturated carbocycles. The Morgan fingerprint density at radius 3 is 2.71 bits per heavy atom. The topological polar surface area (TPSA) is 68.0 Å². The van der Waals surface area contributed by atoms with Gasteiger partial charge in [0.2, 0.25) is 0 Å². The van der Waals surface area contributed by atoms with Crippen LogP contribution in [0.3, 0.4) is 0 Å². The zero-order valence-electron chi connectivity index (χ0n) is 7.89. The van der Waals surface area contributed by atoms with E-state index < -0.39 is 5.97 Å². The number of aromatic nitrogens is 3. The molecule has 0 amide bonds. The van der Waals surface area contributed by atoms with Gasteiger partial charge in [-0.2, -0.15) is 0 Å². The van der Waals surface area contributed by atoms with Gasteiger partial charge in [0.15, 0.2) is 0 Å². The lowest BCUT2D eigenvalue weighted by atomic mass is 9.96. The van der Waals surface area contributed by atoms with E-state index in [1.165, 1.54) is 25.6 Å². The molecule has 1 N–H and O–H groups in total. The van der Waals surface area contributed by atoms with Crippen LogP contribution in [0.15, 0.2) is 6.33 Å². The van der Waals surface area contributed by atoms with Gasteiger partial charge in [-0.05, 0) is 12.8 Å². The average Bonchev–Trinajstić information content (AvgIpc) is 2.68. The summed E-state index contributed by atoms with van der Waals surface area (Å²) in [4.78, 5) is 14.3. The summed E-state index contributed by atoms with van der Waals surface area (Å²) in [7, 11) is 0. The van der Waals surface area contributed by atoms with Gasteiger partial charge in [0, 0.05) is 0 Å². The number of nitrogens with zero attached hydrogens (tertiary/aromatic N) is 3. The SMILES string of the molecule is O=C(O)c1ncn(C2CCCCC2)n1. The smallest absolute Gasteiger partial charge is 0.375 e. The van der Waals surface area contributed by atoms with Crippen LogP contribution in [0.25, 0.3) is 0 Å². The minimum atomic E-state index is -1.06. The normalized spacial score (nSPS) is 18.3. The third-order valence-corrected chi connectivity index (χ3v) is 2.65. The zero-order chi connectivity index (χ0) is 9.97. The first kappa shape index (κ1) is 9.18. The summed E-state index contributed by atoms with van der Waals surface area (Å²) >= 11 is 0. The van der Waals surface area contributed by atoms with Crippen molar-refractivity contribution in [2.24, 2.45) is 0 Å². The lowest BCUT2D eigenvalue weighted by Gasteiger charge is -2.20. The molecule has 0 bridgehead atoms. The highest BCUT2D eigenvalue weighted by Crippen LogP contribution is 2.26. The van der Waals surface area contributed by atoms with Gasteiger partial charge in [0.25, 0.3) is 5.82 Å². The third kappa shape index (κ3) is 1.76. The van der Waals surface area contributed by atoms with Gasteiger partial charge in [-0.15, -0.1) is 5.10 Å². The van der Waals surface area contributed by atoms with Crippen LogP contribution in [0.4, 0.5) is 0 Å². The molecule has 1 aliphatic rings. The number of hydrogen-bond donors (Lipinski definition) is 1. The van der Waals surface area contributed by atoms with Gasteiger partial charge in [-0.25, -0.2) is 14.5 Å². The van der Waals surface area contributed by atoms with Crippen molar-refractivity contribution in [1.82, 2.24) is 14.8 Å². The summed E-state index contributed by atoms with van der Waals surface area (Å²) < 4.78 is 1.70. The molecule has 1 aromatic heterocycles. The van der Waals surface area contributed by atoms with Crippen molar-refractivity contribution in [1.29, 1.82) is 0 Å². The van der Waals surface area contributed by atoms with Crippen molar-refractivity contribution < 1.29 is 9.90 Å². The molecule has 5 heteroatoms. The molecule has 0 radical (unpaired) electrons. The molecule has 0 spiro atoms. The number of carboxylic acids is 1. The average molecular weight is 195 g/mol. The highest BCUT2D eigenvalue weighted by molar-refractivity contribution is 5.82. The van der Waals surface area contributed by atoms with Crippen LogP contribution in [0.2, 0.25) is 0 Å². The maximum absolute atomic E-state index is 10.6.